The van der Waals surface area contributed by atoms with Gasteiger partial charge in [-0.3, -0.25) is 4.57 Å². The van der Waals surface area contributed by atoms with E-state index in [1.807, 2.05) is 78.5 Å². The van der Waals surface area contributed by atoms with Crippen molar-refractivity contribution in [2.75, 3.05) is 0 Å². The average Bonchev–Trinajstić information content (AvgIpc) is 3.83. The summed E-state index contributed by atoms with van der Waals surface area (Å²) in [5.41, 5.74) is 10.8. The van der Waals surface area contributed by atoms with Gasteiger partial charge in [-0.1, -0.05) is 72.8 Å². The van der Waals surface area contributed by atoms with Gasteiger partial charge in [0.25, 0.3) is 0 Å². The number of nitrogens with zero attached hydrogens (tertiary/aromatic N) is 6. The molecule has 0 saturated carbocycles. The lowest BCUT2D eigenvalue weighted by Gasteiger charge is -2.41. The number of fused-ring (bicyclic) bond motifs is 12. The fraction of sp³-hybridized carbons (Fsp3) is 0.0435. The Kier molecular flexibility index (Phi) is 5.81. The van der Waals surface area contributed by atoms with Crippen molar-refractivity contribution in [1.29, 1.82) is 10.5 Å². The molecule has 6 aromatic carbocycles. The van der Waals surface area contributed by atoms with Gasteiger partial charge in [-0.05, 0) is 88.0 Å². The highest BCUT2D eigenvalue weighted by molar-refractivity contribution is 6.09. The number of aryl methyl sites for hydroxylation is 1. The van der Waals surface area contributed by atoms with Gasteiger partial charge in [0.05, 0.1) is 63.5 Å². The minimum absolute atomic E-state index is 0.579. The molecule has 1 aliphatic carbocycles. The molecule has 53 heavy (non-hydrogen) atoms. The lowest BCUT2D eigenvalue weighted by molar-refractivity contribution is -0.649. The maximum atomic E-state index is 10.6. The zero-order valence-electron chi connectivity index (χ0n) is 28.4. The number of hydrogen-bond acceptors (Lipinski definition) is 4. The summed E-state index contributed by atoms with van der Waals surface area (Å²) in [5.74, 6) is 2.17. The molecule has 7 heteroatoms. The highest BCUT2D eigenvalue weighted by Gasteiger charge is 2.52. The van der Waals surface area contributed by atoms with Crippen molar-refractivity contribution in [3.05, 3.63) is 179 Å². The number of imidazole rings is 1. The SMILES string of the molecule is C[n+]1[c-]n2c3c(cccc31)C1(c3ccc(Oc4ccc5c6ccccc6n(-c6ccccn6)c5c4)cc3-2)c2c(C#N)cccc2-c2cccc(C#N)c21. The molecule has 0 atom stereocenters. The molecule has 11 rings (SSSR count). The number of nitriles is 2. The third-order valence-electron chi connectivity index (χ3n) is 11.0. The number of rotatable bonds is 3. The van der Waals surface area contributed by atoms with E-state index in [2.05, 4.69) is 105 Å². The van der Waals surface area contributed by atoms with Crippen molar-refractivity contribution < 1.29 is 9.30 Å². The van der Waals surface area contributed by atoms with Gasteiger partial charge in [-0.25, -0.2) is 4.98 Å². The highest BCUT2D eigenvalue weighted by atomic mass is 16.5. The second kappa shape index (κ2) is 10.5. The molecular formula is C46H26N6O. The van der Waals surface area contributed by atoms with Crippen molar-refractivity contribution >= 4 is 32.8 Å². The monoisotopic (exact) mass is 678 g/mol. The molecule has 3 aromatic heterocycles. The van der Waals surface area contributed by atoms with E-state index in [4.69, 9.17) is 4.74 Å². The lowest BCUT2D eigenvalue weighted by atomic mass is 9.63. The Hall–Kier alpha value is -7.48. The molecule has 9 aromatic rings. The molecule has 0 unspecified atom stereocenters. The van der Waals surface area contributed by atoms with Crippen LogP contribution in [0.15, 0.2) is 140 Å². The predicted octanol–water partition coefficient (Wildman–Crippen LogP) is 8.96. The van der Waals surface area contributed by atoms with Crippen LogP contribution in [0.1, 0.15) is 33.4 Å². The summed E-state index contributed by atoms with van der Waals surface area (Å²) in [6, 6.07) is 49.7. The zero-order chi connectivity index (χ0) is 35.4. The maximum absolute atomic E-state index is 10.6. The first-order valence-corrected chi connectivity index (χ1v) is 17.4. The fourth-order valence-corrected chi connectivity index (χ4v) is 9.08. The summed E-state index contributed by atoms with van der Waals surface area (Å²) in [6.07, 6.45) is 5.36. The van der Waals surface area contributed by atoms with Crippen LogP contribution < -0.4 is 9.30 Å². The number of pyridine rings is 1. The first-order valence-electron chi connectivity index (χ1n) is 17.4. The molecule has 0 amide bonds. The van der Waals surface area contributed by atoms with Gasteiger partial charge in [-0.2, -0.15) is 10.5 Å². The van der Waals surface area contributed by atoms with E-state index < -0.39 is 5.41 Å². The second-order valence-electron chi connectivity index (χ2n) is 13.6. The Morgan fingerprint density at radius 3 is 2.13 bits per heavy atom. The Morgan fingerprint density at radius 2 is 1.38 bits per heavy atom. The molecule has 1 aliphatic heterocycles. The Morgan fingerprint density at radius 1 is 0.679 bits per heavy atom. The molecule has 0 saturated heterocycles. The van der Waals surface area contributed by atoms with Crippen LogP contribution in [0.3, 0.4) is 0 Å². The maximum Gasteiger partial charge on any atom is 0.244 e. The smallest absolute Gasteiger partial charge is 0.244 e. The van der Waals surface area contributed by atoms with Crippen LogP contribution in [-0.2, 0) is 12.5 Å². The average molecular weight is 679 g/mol. The van der Waals surface area contributed by atoms with Crippen LogP contribution in [0.25, 0.3) is 55.5 Å². The summed E-state index contributed by atoms with van der Waals surface area (Å²) in [5, 5.41) is 23.5. The molecule has 0 bridgehead atoms. The highest BCUT2D eigenvalue weighted by Crippen LogP contribution is 2.61. The molecule has 2 aliphatic rings. The standard InChI is InChI=1S/C46H26N6O/c1-50-27-51-41-24-31(53-30-18-20-33-32-11-2-3-15-38(32)52(40(33)23-30)42-17-4-5-22-49-42)19-21-36(41)46(37-14-8-16-39(50)45(37)51)43-28(25-47)9-6-12-34(43)35-13-7-10-29(26-48)44(35)46/h2-24H,1H3. The zero-order valence-corrected chi connectivity index (χ0v) is 28.4. The van der Waals surface area contributed by atoms with Crippen LogP contribution in [0.4, 0.5) is 0 Å². The summed E-state index contributed by atoms with van der Waals surface area (Å²) < 4.78 is 13.0. The first-order chi connectivity index (χ1) is 26.1. The van der Waals surface area contributed by atoms with Gasteiger partial charge in [0, 0.05) is 23.0 Å². The number of hydrogen-bond donors (Lipinski definition) is 0. The Balaban J connectivity index is 1.17. The number of para-hydroxylation sites is 2. The Bertz CT molecular complexity index is 3070. The van der Waals surface area contributed by atoms with Crippen molar-refractivity contribution in [2.24, 2.45) is 7.05 Å². The van der Waals surface area contributed by atoms with E-state index in [0.717, 1.165) is 77.7 Å². The van der Waals surface area contributed by atoms with Crippen molar-refractivity contribution in [3.63, 3.8) is 0 Å². The minimum Gasteiger partial charge on any atom is -0.458 e. The molecular weight excluding hydrogens is 653 g/mol. The number of ether oxygens (including phenoxy) is 1. The third-order valence-corrected chi connectivity index (χ3v) is 11.0. The van der Waals surface area contributed by atoms with E-state index in [0.29, 0.717) is 22.6 Å². The normalized spacial score (nSPS) is 13.1. The summed E-state index contributed by atoms with van der Waals surface area (Å²) in [4.78, 5) is 4.69. The topological polar surface area (TPSA) is 83.4 Å². The van der Waals surface area contributed by atoms with E-state index in [-0.39, 0.29) is 0 Å². The first kappa shape index (κ1) is 29.3. The van der Waals surface area contributed by atoms with Crippen molar-refractivity contribution in [1.82, 2.24) is 14.1 Å². The van der Waals surface area contributed by atoms with Crippen LogP contribution in [0.5, 0.6) is 11.5 Å². The quantitative estimate of drug-likeness (QED) is 0.138. The van der Waals surface area contributed by atoms with E-state index in [1.54, 1.807) is 0 Å². The largest absolute Gasteiger partial charge is 0.458 e. The molecule has 1 spiro atoms. The molecule has 0 fully saturated rings. The van der Waals surface area contributed by atoms with Crippen molar-refractivity contribution in [2.45, 2.75) is 5.41 Å². The van der Waals surface area contributed by atoms with E-state index in [1.165, 1.54) is 0 Å². The molecule has 0 N–H and O–H groups in total. The predicted molar refractivity (Wildman–Crippen MR) is 202 cm³/mol. The summed E-state index contributed by atoms with van der Waals surface area (Å²) in [6.45, 7) is 0. The third kappa shape index (κ3) is 3.70. The van der Waals surface area contributed by atoms with Gasteiger partial charge in [0.15, 0.2) is 0 Å². The van der Waals surface area contributed by atoms with Gasteiger partial charge in [-0.15, -0.1) is 0 Å². The van der Waals surface area contributed by atoms with Crippen LogP contribution in [-0.4, -0.2) is 14.1 Å². The van der Waals surface area contributed by atoms with E-state index in [9.17, 15) is 10.5 Å². The van der Waals surface area contributed by atoms with E-state index >= 15 is 0 Å². The summed E-state index contributed by atoms with van der Waals surface area (Å²) >= 11 is 0. The van der Waals surface area contributed by atoms with Crippen LogP contribution >= 0.6 is 0 Å². The van der Waals surface area contributed by atoms with Gasteiger partial charge < -0.3 is 13.9 Å². The molecule has 246 valence electrons. The molecule has 4 heterocycles. The molecule has 0 radical (unpaired) electrons. The number of aromatic nitrogens is 4. The Labute approximate surface area is 304 Å². The molecule has 7 nitrogen and oxygen atoms in total. The second-order valence-corrected chi connectivity index (χ2v) is 13.6. The van der Waals surface area contributed by atoms with Crippen LogP contribution in [0.2, 0.25) is 0 Å². The number of benzene rings is 6. The lowest BCUT2D eigenvalue weighted by Crippen LogP contribution is -2.35. The van der Waals surface area contributed by atoms with Gasteiger partial charge >= 0.3 is 0 Å². The minimum atomic E-state index is -0.936. The van der Waals surface area contributed by atoms with Gasteiger partial charge in [0.2, 0.25) is 6.33 Å². The van der Waals surface area contributed by atoms with Gasteiger partial charge in [0.1, 0.15) is 17.3 Å². The fourth-order valence-electron chi connectivity index (χ4n) is 9.08. The van der Waals surface area contributed by atoms with Crippen LogP contribution in [0, 0.1) is 29.0 Å². The van der Waals surface area contributed by atoms with Crippen molar-refractivity contribution in [3.8, 4) is 46.3 Å². The summed E-state index contributed by atoms with van der Waals surface area (Å²) in [7, 11) is 1.99.